The average Bonchev–Trinajstić information content (AvgIpc) is 2.70. The van der Waals surface area contributed by atoms with Crippen LogP contribution in [0.15, 0.2) is 54.6 Å². The molecular weight excluding hydrogens is 392 g/mol. The van der Waals surface area contributed by atoms with Crippen LogP contribution in [0.2, 0.25) is 5.02 Å². The number of piperidine rings is 1. The molecule has 1 fully saturated rings. The molecule has 28 heavy (non-hydrogen) atoms. The number of thioether (sulfide) groups is 1. The van der Waals surface area contributed by atoms with Crippen LogP contribution in [0.1, 0.15) is 36.1 Å². The summed E-state index contributed by atoms with van der Waals surface area (Å²) in [6.07, 6.45) is 1.63. The molecule has 0 bridgehead atoms. The molecule has 1 atom stereocenters. The second kappa shape index (κ2) is 9.99. The fourth-order valence-electron chi connectivity index (χ4n) is 3.42. The fourth-order valence-corrected chi connectivity index (χ4v) is 4.64. The summed E-state index contributed by atoms with van der Waals surface area (Å²) in [5.74, 6) is 0.532. The highest BCUT2D eigenvalue weighted by Gasteiger charge is 2.23. The van der Waals surface area contributed by atoms with Crippen molar-refractivity contribution in [2.75, 3.05) is 18.8 Å². The fraction of sp³-hybridized carbons (Fsp3) is 0.364. The zero-order valence-corrected chi connectivity index (χ0v) is 17.5. The SMILES string of the molecule is CC(=O)N1CCC(NC(=O)CSC(c2ccccc2)c2ccc(Cl)cc2)CC1. The van der Waals surface area contributed by atoms with Gasteiger partial charge in [0.1, 0.15) is 0 Å². The van der Waals surface area contributed by atoms with Gasteiger partial charge in [0.05, 0.1) is 11.0 Å². The number of benzene rings is 2. The van der Waals surface area contributed by atoms with E-state index in [0.29, 0.717) is 23.9 Å². The molecule has 1 aliphatic heterocycles. The van der Waals surface area contributed by atoms with Crippen molar-refractivity contribution in [2.24, 2.45) is 0 Å². The Morgan fingerprint density at radius 2 is 1.68 bits per heavy atom. The first kappa shape index (κ1) is 20.7. The van der Waals surface area contributed by atoms with E-state index in [2.05, 4.69) is 17.4 Å². The van der Waals surface area contributed by atoms with E-state index in [1.165, 1.54) is 0 Å². The van der Waals surface area contributed by atoms with Gasteiger partial charge in [-0.1, -0.05) is 54.1 Å². The molecule has 148 valence electrons. The van der Waals surface area contributed by atoms with Gasteiger partial charge in [0, 0.05) is 31.1 Å². The van der Waals surface area contributed by atoms with Gasteiger partial charge in [-0.3, -0.25) is 9.59 Å². The second-order valence-corrected chi connectivity index (χ2v) is 8.53. The largest absolute Gasteiger partial charge is 0.353 e. The molecule has 0 radical (unpaired) electrons. The van der Waals surface area contributed by atoms with E-state index >= 15 is 0 Å². The van der Waals surface area contributed by atoms with Crippen LogP contribution in [0, 0.1) is 0 Å². The first-order valence-electron chi connectivity index (χ1n) is 9.50. The Kier molecular flexibility index (Phi) is 7.40. The lowest BCUT2D eigenvalue weighted by atomic mass is 10.0. The molecule has 0 aromatic heterocycles. The smallest absolute Gasteiger partial charge is 0.230 e. The maximum absolute atomic E-state index is 12.5. The van der Waals surface area contributed by atoms with Crippen molar-refractivity contribution < 1.29 is 9.59 Å². The summed E-state index contributed by atoms with van der Waals surface area (Å²) in [5, 5.41) is 3.90. The molecule has 0 spiro atoms. The minimum Gasteiger partial charge on any atom is -0.353 e. The minimum absolute atomic E-state index is 0.0427. The Hall–Kier alpha value is -1.98. The van der Waals surface area contributed by atoms with E-state index < -0.39 is 0 Å². The highest BCUT2D eigenvalue weighted by Crippen LogP contribution is 2.35. The van der Waals surface area contributed by atoms with E-state index in [1.807, 2.05) is 47.4 Å². The monoisotopic (exact) mass is 416 g/mol. The lowest BCUT2D eigenvalue weighted by Crippen LogP contribution is -2.46. The van der Waals surface area contributed by atoms with Gasteiger partial charge < -0.3 is 10.2 Å². The lowest BCUT2D eigenvalue weighted by molar-refractivity contribution is -0.130. The summed E-state index contributed by atoms with van der Waals surface area (Å²) in [7, 11) is 0. The highest BCUT2D eigenvalue weighted by atomic mass is 35.5. The topological polar surface area (TPSA) is 49.4 Å². The Bertz CT molecular complexity index is 790. The van der Waals surface area contributed by atoms with Crippen LogP contribution < -0.4 is 5.32 Å². The summed E-state index contributed by atoms with van der Waals surface area (Å²) in [6, 6.07) is 18.1. The van der Waals surface area contributed by atoms with Gasteiger partial charge in [0.2, 0.25) is 11.8 Å². The third kappa shape index (κ3) is 5.76. The van der Waals surface area contributed by atoms with E-state index in [9.17, 15) is 9.59 Å². The molecule has 1 unspecified atom stereocenters. The van der Waals surface area contributed by atoms with Gasteiger partial charge >= 0.3 is 0 Å². The summed E-state index contributed by atoms with van der Waals surface area (Å²) in [5.41, 5.74) is 2.29. The van der Waals surface area contributed by atoms with Crippen LogP contribution in [-0.4, -0.2) is 41.6 Å². The van der Waals surface area contributed by atoms with Gasteiger partial charge in [-0.05, 0) is 36.1 Å². The molecular formula is C22H25ClN2O2S. The van der Waals surface area contributed by atoms with E-state index in [4.69, 9.17) is 11.6 Å². The summed E-state index contributed by atoms with van der Waals surface area (Å²) < 4.78 is 0. The van der Waals surface area contributed by atoms with Crippen LogP contribution in [0.3, 0.4) is 0 Å². The van der Waals surface area contributed by atoms with Crippen LogP contribution in [0.5, 0.6) is 0 Å². The first-order chi connectivity index (χ1) is 13.5. The van der Waals surface area contributed by atoms with Crippen molar-refractivity contribution in [3.8, 4) is 0 Å². The molecule has 2 aromatic carbocycles. The zero-order valence-electron chi connectivity index (χ0n) is 15.9. The summed E-state index contributed by atoms with van der Waals surface area (Å²) in [6.45, 7) is 3.02. The lowest BCUT2D eigenvalue weighted by Gasteiger charge is -2.31. The highest BCUT2D eigenvalue weighted by molar-refractivity contribution is 8.00. The van der Waals surface area contributed by atoms with Crippen molar-refractivity contribution in [2.45, 2.75) is 31.1 Å². The van der Waals surface area contributed by atoms with Gasteiger partial charge in [-0.15, -0.1) is 11.8 Å². The second-order valence-electron chi connectivity index (χ2n) is 7.00. The molecule has 6 heteroatoms. The van der Waals surface area contributed by atoms with Crippen molar-refractivity contribution >= 4 is 35.2 Å². The molecule has 2 aromatic rings. The Morgan fingerprint density at radius 3 is 2.29 bits per heavy atom. The minimum atomic E-state index is 0.0427. The molecule has 1 aliphatic rings. The Morgan fingerprint density at radius 1 is 1.07 bits per heavy atom. The Labute approximate surface area is 175 Å². The number of carbonyl (C=O) groups excluding carboxylic acids is 2. The zero-order chi connectivity index (χ0) is 19.9. The number of nitrogens with one attached hydrogen (secondary N) is 1. The predicted octanol–water partition coefficient (Wildman–Crippen LogP) is 4.29. The number of likely N-dealkylation sites (tertiary alicyclic amines) is 1. The molecule has 0 aliphatic carbocycles. The van der Waals surface area contributed by atoms with Gasteiger partial charge in [-0.2, -0.15) is 0 Å². The average molecular weight is 417 g/mol. The molecule has 4 nitrogen and oxygen atoms in total. The van der Waals surface area contributed by atoms with Crippen LogP contribution in [0.4, 0.5) is 0 Å². The number of hydrogen-bond donors (Lipinski definition) is 1. The molecule has 1 saturated heterocycles. The first-order valence-corrected chi connectivity index (χ1v) is 10.9. The molecule has 1 N–H and O–H groups in total. The van der Waals surface area contributed by atoms with Crippen molar-refractivity contribution in [1.82, 2.24) is 10.2 Å². The molecule has 3 rings (SSSR count). The number of amides is 2. The number of nitrogens with zero attached hydrogens (tertiary/aromatic N) is 1. The van der Waals surface area contributed by atoms with E-state index in [1.54, 1.807) is 18.7 Å². The van der Waals surface area contributed by atoms with E-state index in [-0.39, 0.29) is 23.1 Å². The van der Waals surface area contributed by atoms with Gasteiger partial charge in [-0.25, -0.2) is 0 Å². The quantitative estimate of drug-likeness (QED) is 0.764. The number of hydrogen-bond acceptors (Lipinski definition) is 3. The van der Waals surface area contributed by atoms with E-state index in [0.717, 1.165) is 24.0 Å². The maximum atomic E-state index is 12.5. The van der Waals surface area contributed by atoms with Crippen LogP contribution in [0.25, 0.3) is 0 Å². The van der Waals surface area contributed by atoms with Crippen molar-refractivity contribution in [3.63, 3.8) is 0 Å². The summed E-state index contributed by atoms with van der Waals surface area (Å²) in [4.78, 5) is 25.8. The summed E-state index contributed by atoms with van der Waals surface area (Å²) >= 11 is 7.65. The molecule has 1 heterocycles. The van der Waals surface area contributed by atoms with Crippen LogP contribution in [-0.2, 0) is 9.59 Å². The van der Waals surface area contributed by atoms with Crippen molar-refractivity contribution in [1.29, 1.82) is 0 Å². The van der Waals surface area contributed by atoms with Gasteiger partial charge in [0.25, 0.3) is 0 Å². The maximum Gasteiger partial charge on any atom is 0.230 e. The molecule has 2 amide bonds. The number of carbonyl (C=O) groups is 2. The van der Waals surface area contributed by atoms with Crippen molar-refractivity contribution in [3.05, 3.63) is 70.7 Å². The van der Waals surface area contributed by atoms with Gasteiger partial charge in [0.15, 0.2) is 0 Å². The number of halogens is 1. The third-order valence-corrected chi connectivity index (χ3v) is 6.52. The normalized spacial score (nSPS) is 15.9. The predicted molar refractivity (Wildman–Crippen MR) is 116 cm³/mol. The number of rotatable bonds is 6. The third-order valence-electron chi connectivity index (χ3n) is 4.96. The molecule has 0 saturated carbocycles. The standard InChI is InChI=1S/C22H25ClN2O2S/c1-16(26)25-13-11-20(12-14-25)24-21(27)15-28-22(17-5-3-2-4-6-17)18-7-9-19(23)10-8-18/h2-10,20,22H,11-15H2,1H3,(H,24,27). The van der Waals surface area contributed by atoms with Crippen LogP contribution >= 0.6 is 23.4 Å². The Balaban J connectivity index is 1.58.